The number of nitrogens with two attached hydrogens (primary N) is 2. The van der Waals surface area contributed by atoms with Crippen molar-refractivity contribution in [2.24, 2.45) is 0 Å². The van der Waals surface area contributed by atoms with Crippen LogP contribution in [-0.4, -0.2) is 0 Å². The van der Waals surface area contributed by atoms with E-state index in [9.17, 15) is 17.6 Å². The third-order valence-corrected chi connectivity index (χ3v) is 3.38. The van der Waals surface area contributed by atoms with E-state index in [0.717, 1.165) is 0 Å². The Morgan fingerprint density at radius 2 is 0.808 bits per heavy atom. The summed E-state index contributed by atoms with van der Waals surface area (Å²) in [5.74, 6) is -9.34. The molecule has 0 aliphatic carbocycles. The lowest BCUT2D eigenvalue weighted by Crippen LogP contribution is -2.04. The minimum absolute atomic E-state index is 0.0191. The summed E-state index contributed by atoms with van der Waals surface area (Å²) >= 11 is 0. The van der Waals surface area contributed by atoms with Gasteiger partial charge in [-0.15, -0.1) is 0 Å². The minimum Gasteiger partial charge on any atom is -0.450 e. The highest BCUT2D eigenvalue weighted by Crippen LogP contribution is 2.42. The van der Waals surface area contributed by atoms with Crippen LogP contribution in [0.3, 0.4) is 0 Å². The van der Waals surface area contributed by atoms with Gasteiger partial charge in [-0.05, 0) is 48.5 Å². The van der Waals surface area contributed by atoms with Crippen LogP contribution in [0.2, 0.25) is 0 Å². The predicted molar refractivity (Wildman–Crippen MR) is 88.1 cm³/mol. The molecule has 0 bridgehead atoms. The molecule has 0 aliphatic heterocycles. The summed E-state index contributed by atoms with van der Waals surface area (Å²) in [6, 6.07) is 11.1. The Morgan fingerprint density at radius 1 is 0.500 bits per heavy atom. The van der Waals surface area contributed by atoms with Crippen molar-refractivity contribution in [3.63, 3.8) is 0 Å². The molecule has 4 nitrogen and oxygen atoms in total. The van der Waals surface area contributed by atoms with Crippen molar-refractivity contribution >= 4 is 11.4 Å². The Balaban J connectivity index is 2.08. The van der Waals surface area contributed by atoms with Crippen molar-refractivity contribution in [1.29, 1.82) is 0 Å². The Bertz CT molecular complexity index is 867. The van der Waals surface area contributed by atoms with Gasteiger partial charge in [0.15, 0.2) is 0 Å². The Labute approximate surface area is 145 Å². The first kappa shape index (κ1) is 17.4. The van der Waals surface area contributed by atoms with Crippen LogP contribution < -0.4 is 20.9 Å². The van der Waals surface area contributed by atoms with Crippen LogP contribution in [-0.2, 0) is 0 Å². The first-order valence-corrected chi connectivity index (χ1v) is 7.29. The summed E-state index contributed by atoms with van der Waals surface area (Å²) in [6.45, 7) is 0. The molecule has 134 valence electrons. The van der Waals surface area contributed by atoms with Gasteiger partial charge in [-0.25, -0.2) is 8.78 Å². The molecular weight excluding hydrogens is 352 g/mol. The second-order valence-corrected chi connectivity index (χ2v) is 5.26. The number of ether oxygens (including phenoxy) is 2. The van der Waals surface area contributed by atoms with Gasteiger partial charge in [0.2, 0.25) is 34.8 Å². The number of anilines is 2. The zero-order valence-corrected chi connectivity index (χ0v) is 13.1. The molecule has 0 heterocycles. The largest absolute Gasteiger partial charge is 0.450 e. The fourth-order valence-corrected chi connectivity index (χ4v) is 2.08. The van der Waals surface area contributed by atoms with Crippen molar-refractivity contribution < 1.29 is 27.0 Å². The molecule has 0 atom stereocenters. The molecule has 4 N–H and O–H groups in total. The van der Waals surface area contributed by atoms with Crippen LogP contribution in [0.4, 0.5) is 28.9 Å². The number of hydrogen-bond donors (Lipinski definition) is 2. The highest BCUT2D eigenvalue weighted by molar-refractivity contribution is 5.51. The number of nitrogen functional groups attached to an aromatic ring is 2. The topological polar surface area (TPSA) is 70.5 Å². The molecule has 0 fully saturated rings. The van der Waals surface area contributed by atoms with Crippen LogP contribution in [0.15, 0.2) is 48.5 Å². The van der Waals surface area contributed by atoms with Crippen LogP contribution in [0, 0.1) is 23.3 Å². The molecule has 8 heteroatoms. The Hall–Kier alpha value is -3.42. The summed E-state index contributed by atoms with van der Waals surface area (Å²) in [5.41, 5.74) is 11.8. The Morgan fingerprint density at radius 3 is 1.12 bits per heavy atom. The van der Waals surface area contributed by atoms with Crippen LogP contribution in [0.1, 0.15) is 0 Å². The second kappa shape index (κ2) is 6.83. The summed E-state index contributed by atoms with van der Waals surface area (Å²) < 4.78 is 66.0. The lowest BCUT2D eigenvalue weighted by molar-refractivity contribution is 0.330. The maximum Gasteiger partial charge on any atom is 0.211 e. The van der Waals surface area contributed by atoms with Gasteiger partial charge in [0, 0.05) is 11.4 Å². The van der Waals surface area contributed by atoms with E-state index in [1.165, 1.54) is 48.5 Å². The van der Waals surface area contributed by atoms with Crippen molar-refractivity contribution in [1.82, 2.24) is 0 Å². The van der Waals surface area contributed by atoms with E-state index in [4.69, 9.17) is 20.9 Å². The van der Waals surface area contributed by atoms with Crippen molar-refractivity contribution in [3.05, 3.63) is 71.8 Å². The molecule has 0 spiro atoms. The van der Waals surface area contributed by atoms with Gasteiger partial charge in [0.25, 0.3) is 0 Å². The number of rotatable bonds is 4. The fourth-order valence-electron chi connectivity index (χ4n) is 2.08. The van der Waals surface area contributed by atoms with Gasteiger partial charge in [0.05, 0.1) is 0 Å². The second-order valence-electron chi connectivity index (χ2n) is 5.26. The Kier molecular flexibility index (Phi) is 4.57. The molecule has 0 saturated carbocycles. The smallest absolute Gasteiger partial charge is 0.211 e. The normalized spacial score (nSPS) is 10.6. The van der Waals surface area contributed by atoms with E-state index >= 15 is 0 Å². The summed E-state index contributed by atoms with van der Waals surface area (Å²) in [4.78, 5) is 0. The van der Waals surface area contributed by atoms with Crippen LogP contribution in [0.5, 0.6) is 23.0 Å². The van der Waals surface area contributed by atoms with Crippen molar-refractivity contribution in [2.75, 3.05) is 11.5 Å². The SMILES string of the molecule is Nc1ccc(Oc2c(F)c(F)c(F)c(F)c2Oc2ccc(N)cc2)cc1. The minimum atomic E-state index is -2.02. The van der Waals surface area contributed by atoms with Crippen LogP contribution in [0.25, 0.3) is 0 Å². The molecule has 0 aromatic heterocycles. The third kappa shape index (κ3) is 3.34. The number of hydrogen-bond acceptors (Lipinski definition) is 4. The van der Waals surface area contributed by atoms with E-state index in [2.05, 4.69) is 0 Å². The van der Waals surface area contributed by atoms with Crippen molar-refractivity contribution in [3.8, 4) is 23.0 Å². The highest BCUT2D eigenvalue weighted by atomic mass is 19.2. The fraction of sp³-hybridized carbons (Fsp3) is 0. The summed E-state index contributed by atoms with van der Waals surface area (Å²) in [7, 11) is 0. The monoisotopic (exact) mass is 364 g/mol. The van der Waals surface area contributed by atoms with Gasteiger partial charge in [0.1, 0.15) is 11.5 Å². The maximum absolute atomic E-state index is 14.2. The van der Waals surface area contributed by atoms with E-state index in [1.54, 1.807) is 0 Å². The third-order valence-electron chi connectivity index (χ3n) is 3.38. The van der Waals surface area contributed by atoms with Gasteiger partial charge in [-0.2, -0.15) is 8.78 Å². The summed E-state index contributed by atoms with van der Waals surface area (Å²) in [5, 5.41) is 0. The molecule has 0 saturated heterocycles. The molecule has 3 rings (SSSR count). The average molecular weight is 364 g/mol. The predicted octanol–water partition coefficient (Wildman–Crippen LogP) is 4.99. The molecule has 0 unspecified atom stereocenters. The van der Waals surface area contributed by atoms with E-state index < -0.39 is 34.8 Å². The molecular formula is C18H12F4N2O2. The first-order chi connectivity index (χ1) is 12.4. The van der Waals surface area contributed by atoms with Gasteiger partial charge >= 0.3 is 0 Å². The van der Waals surface area contributed by atoms with E-state index in [-0.39, 0.29) is 11.5 Å². The van der Waals surface area contributed by atoms with E-state index in [1.807, 2.05) is 0 Å². The lowest BCUT2D eigenvalue weighted by atomic mass is 10.2. The van der Waals surface area contributed by atoms with Crippen molar-refractivity contribution in [2.45, 2.75) is 0 Å². The molecule has 3 aromatic carbocycles. The molecule has 26 heavy (non-hydrogen) atoms. The summed E-state index contributed by atoms with van der Waals surface area (Å²) in [6.07, 6.45) is 0. The average Bonchev–Trinajstić information content (AvgIpc) is 2.64. The molecule has 3 aromatic rings. The zero-order valence-electron chi connectivity index (χ0n) is 13.1. The standard InChI is InChI=1S/C18H12F4N2O2/c19-13-14(20)16(22)18(26-12-7-3-10(24)4-8-12)17(15(13)21)25-11-5-1-9(23)2-6-11/h1-8H,23-24H2. The zero-order chi connectivity index (χ0) is 18.8. The molecule has 0 radical (unpaired) electrons. The van der Waals surface area contributed by atoms with Gasteiger partial charge in [-0.3, -0.25) is 0 Å². The quantitative estimate of drug-likeness (QED) is 0.296. The van der Waals surface area contributed by atoms with E-state index in [0.29, 0.717) is 11.4 Å². The lowest BCUT2D eigenvalue weighted by Gasteiger charge is -2.15. The maximum atomic E-state index is 14.2. The highest BCUT2D eigenvalue weighted by Gasteiger charge is 2.29. The van der Waals surface area contributed by atoms with Crippen LogP contribution >= 0.6 is 0 Å². The first-order valence-electron chi connectivity index (χ1n) is 7.29. The van der Waals surface area contributed by atoms with Gasteiger partial charge in [-0.1, -0.05) is 0 Å². The van der Waals surface area contributed by atoms with Gasteiger partial charge < -0.3 is 20.9 Å². The number of halogens is 4. The molecule has 0 amide bonds. The number of benzene rings is 3. The molecule has 0 aliphatic rings.